The van der Waals surface area contributed by atoms with Crippen LogP contribution < -0.4 is 0 Å². The summed E-state index contributed by atoms with van der Waals surface area (Å²) in [7, 11) is 0. The lowest BCUT2D eigenvalue weighted by Gasteiger charge is -2.52. The number of ether oxygens (including phenoxy) is 2. The van der Waals surface area contributed by atoms with E-state index in [4.69, 9.17) is 9.47 Å². The van der Waals surface area contributed by atoms with E-state index in [1.807, 2.05) is 25.7 Å². The fourth-order valence-corrected chi connectivity index (χ4v) is 4.66. The molecule has 154 valence electrons. The van der Waals surface area contributed by atoms with Crippen molar-refractivity contribution in [3.8, 4) is 0 Å². The summed E-state index contributed by atoms with van der Waals surface area (Å²) >= 11 is 0. The van der Waals surface area contributed by atoms with Crippen molar-refractivity contribution in [2.75, 3.05) is 32.8 Å². The van der Waals surface area contributed by atoms with Crippen molar-refractivity contribution in [1.29, 1.82) is 0 Å². The largest absolute Gasteiger partial charge is 0.464 e. The average molecular weight is 384 g/mol. The lowest BCUT2D eigenvalue weighted by atomic mass is 9.64. The van der Waals surface area contributed by atoms with Crippen LogP contribution in [0.3, 0.4) is 0 Å². The molecule has 2 aliphatic heterocycles. The van der Waals surface area contributed by atoms with Crippen LogP contribution in [0.4, 0.5) is 9.18 Å². The van der Waals surface area contributed by atoms with Crippen LogP contribution in [-0.4, -0.2) is 72.0 Å². The minimum Gasteiger partial charge on any atom is -0.464 e. The smallest absolute Gasteiger partial charge is 0.410 e. The van der Waals surface area contributed by atoms with Crippen molar-refractivity contribution < 1.29 is 23.5 Å². The fourth-order valence-electron chi connectivity index (χ4n) is 4.66. The molecular weight excluding hydrogens is 351 g/mol. The second-order valence-corrected chi connectivity index (χ2v) is 9.44. The molecule has 0 atom stereocenters. The quantitative estimate of drug-likeness (QED) is 0.700. The summed E-state index contributed by atoms with van der Waals surface area (Å²) in [5.41, 5.74) is -2.11. The highest BCUT2D eigenvalue weighted by Gasteiger charge is 2.53. The van der Waals surface area contributed by atoms with E-state index in [0.717, 1.165) is 32.4 Å². The first-order valence-electron chi connectivity index (χ1n) is 10.1. The van der Waals surface area contributed by atoms with Crippen molar-refractivity contribution >= 4 is 12.1 Å². The molecule has 1 amide bonds. The van der Waals surface area contributed by atoms with Gasteiger partial charge >= 0.3 is 12.1 Å². The Morgan fingerprint density at radius 2 is 1.74 bits per heavy atom. The van der Waals surface area contributed by atoms with Gasteiger partial charge in [0.15, 0.2) is 0 Å². The molecule has 7 heteroatoms. The first-order chi connectivity index (χ1) is 12.6. The number of hydrogen-bond donors (Lipinski definition) is 0. The van der Waals surface area contributed by atoms with Crippen LogP contribution in [0.1, 0.15) is 59.8 Å². The predicted molar refractivity (Wildman–Crippen MR) is 99.2 cm³/mol. The minimum atomic E-state index is -1.82. The van der Waals surface area contributed by atoms with Crippen molar-refractivity contribution in [1.82, 2.24) is 9.80 Å². The molecule has 3 fully saturated rings. The van der Waals surface area contributed by atoms with Gasteiger partial charge in [-0.1, -0.05) is 0 Å². The summed E-state index contributed by atoms with van der Waals surface area (Å²) in [4.78, 5) is 28.2. The summed E-state index contributed by atoms with van der Waals surface area (Å²) in [6.07, 6.45) is 3.26. The molecule has 1 spiro atoms. The van der Waals surface area contributed by atoms with E-state index < -0.39 is 17.2 Å². The Kier molecular flexibility index (Phi) is 5.45. The molecule has 6 nitrogen and oxygen atoms in total. The van der Waals surface area contributed by atoms with Crippen LogP contribution in [0.2, 0.25) is 0 Å². The monoisotopic (exact) mass is 384 g/mol. The Morgan fingerprint density at radius 3 is 2.30 bits per heavy atom. The summed E-state index contributed by atoms with van der Waals surface area (Å²) in [6.45, 7) is 10.2. The molecule has 1 aliphatic carbocycles. The van der Waals surface area contributed by atoms with Gasteiger partial charge in [-0.15, -0.1) is 0 Å². The molecule has 0 aromatic carbocycles. The van der Waals surface area contributed by atoms with Crippen LogP contribution in [0, 0.1) is 5.41 Å². The predicted octanol–water partition coefficient (Wildman–Crippen LogP) is 3.14. The molecule has 27 heavy (non-hydrogen) atoms. The second kappa shape index (κ2) is 7.22. The maximum absolute atomic E-state index is 14.7. The highest BCUT2D eigenvalue weighted by molar-refractivity contribution is 5.79. The van der Waals surface area contributed by atoms with Gasteiger partial charge < -0.3 is 19.3 Å². The summed E-state index contributed by atoms with van der Waals surface area (Å²) in [6, 6.07) is 0.426. The molecular formula is C20H33FN2O4. The number of halogens is 1. The van der Waals surface area contributed by atoms with Crippen molar-refractivity contribution in [3.05, 3.63) is 0 Å². The summed E-state index contributed by atoms with van der Waals surface area (Å²) in [5, 5.41) is 0. The fraction of sp³-hybridized carbons (Fsp3) is 0.900. The van der Waals surface area contributed by atoms with Gasteiger partial charge in [0.25, 0.3) is 0 Å². The third-order valence-corrected chi connectivity index (χ3v) is 6.18. The van der Waals surface area contributed by atoms with Gasteiger partial charge in [-0.3, -0.25) is 0 Å². The number of carbonyl (C=O) groups excluding carboxylic acids is 2. The number of esters is 1. The third-order valence-electron chi connectivity index (χ3n) is 6.18. The number of alkyl halides is 1. The minimum absolute atomic E-state index is 0.187. The molecule has 0 bridgehead atoms. The van der Waals surface area contributed by atoms with Gasteiger partial charge in [0.2, 0.25) is 5.67 Å². The van der Waals surface area contributed by atoms with E-state index in [1.54, 1.807) is 6.92 Å². The first-order valence-corrected chi connectivity index (χ1v) is 10.1. The van der Waals surface area contributed by atoms with Crippen LogP contribution in [0.25, 0.3) is 0 Å². The number of carbonyl (C=O) groups is 2. The summed E-state index contributed by atoms with van der Waals surface area (Å²) in [5.74, 6) is -0.710. The van der Waals surface area contributed by atoms with Gasteiger partial charge in [0.05, 0.1) is 6.61 Å². The standard InChI is InChI=1S/C20H33FN2O4/c1-5-26-16(24)20(21)7-10-22(11-8-20)15-12-19(13-15)6-9-23(14-19)17(25)27-18(2,3)4/h15H,5-14H2,1-4H3. The highest BCUT2D eigenvalue weighted by Crippen LogP contribution is 2.51. The van der Waals surface area contributed by atoms with E-state index in [1.165, 1.54) is 0 Å². The van der Waals surface area contributed by atoms with Gasteiger partial charge in [-0.2, -0.15) is 0 Å². The maximum Gasteiger partial charge on any atom is 0.410 e. The maximum atomic E-state index is 14.7. The van der Waals surface area contributed by atoms with E-state index in [0.29, 0.717) is 19.1 Å². The van der Waals surface area contributed by atoms with Crippen LogP contribution >= 0.6 is 0 Å². The zero-order valence-electron chi connectivity index (χ0n) is 17.1. The molecule has 0 aromatic heterocycles. The molecule has 2 heterocycles. The molecule has 0 unspecified atom stereocenters. The molecule has 3 rings (SSSR count). The van der Waals surface area contributed by atoms with Crippen LogP contribution in [0.15, 0.2) is 0 Å². The Hall–Kier alpha value is -1.37. The van der Waals surface area contributed by atoms with E-state index >= 15 is 0 Å². The van der Waals surface area contributed by atoms with E-state index in [-0.39, 0.29) is 31.0 Å². The Balaban J connectivity index is 1.45. The normalized spacial score (nSPS) is 30.9. The Morgan fingerprint density at radius 1 is 1.11 bits per heavy atom. The Labute approximate surface area is 161 Å². The van der Waals surface area contributed by atoms with E-state index in [9.17, 15) is 14.0 Å². The Bertz CT molecular complexity index is 575. The van der Waals surface area contributed by atoms with E-state index in [2.05, 4.69) is 4.90 Å². The van der Waals surface area contributed by atoms with Crippen LogP contribution in [0.5, 0.6) is 0 Å². The number of piperidine rings is 1. The van der Waals surface area contributed by atoms with Gasteiger partial charge in [-0.25, -0.2) is 14.0 Å². The lowest BCUT2D eigenvalue weighted by Crippen LogP contribution is -2.57. The van der Waals surface area contributed by atoms with Crippen molar-refractivity contribution in [2.24, 2.45) is 5.41 Å². The zero-order chi connectivity index (χ0) is 19.9. The third kappa shape index (κ3) is 4.39. The van der Waals surface area contributed by atoms with Crippen molar-refractivity contribution in [2.45, 2.75) is 77.1 Å². The van der Waals surface area contributed by atoms with Gasteiger partial charge in [-0.05, 0) is 52.4 Å². The highest BCUT2D eigenvalue weighted by atomic mass is 19.1. The number of likely N-dealkylation sites (tertiary alicyclic amines) is 2. The molecule has 1 saturated carbocycles. The number of amides is 1. The van der Waals surface area contributed by atoms with Gasteiger partial charge in [0, 0.05) is 45.1 Å². The molecule has 2 saturated heterocycles. The first kappa shape index (κ1) is 20.4. The molecule has 0 N–H and O–H groups in total. The second-order valence-electron chi connectivity index (χ2n) is 9.44. The topological polar surface area (TPSA) is 59.1 Å². The van der Waals surface area contributed by atoms with Crippen molar-refractivity contribution in [3.63, 3.8) is 0 Å². The average Bonchev–Trinajstić information content (AvgIpc) is 2.99. The molecule has 0 radical (unpaired) electrons. The molecule has 0 aromatic rings. The number of nitrogens with zero attached hydrogens (tertiary/aromatic N) is 2. The number of hydrogen-bond acceptors (Lipinski definition) is 5. The SMILES string of the molecule is CCOC(=O)C1(F)CCN(C2CC3(CCN(C(=O)OC(C)(C)C)C3)C2)CC1. The van der Waals surface area contributed by atoms with Gasteiger partial charge in [0.1, 0.15) is 5.60 Å². The number of rotatable bonds is 3. The zero-order valence-corrected chi connectivity index (χ0v) is 17.1. The summed E-state index contributed by atoms with van der Waals surface area (Å²) < 4.78 is 25.1. The van der Waals surface area contributed by atoms with Crippen LogP contribution in [-0.2, 0) is 14.3 Å². The molecule has 3 aliphatic rings. The lowest BCUT2D eigenvalue weighted by molar-refractivity contribution is -0.162.